The first-order chi connectivity index (χ1) is 12.2. The molecule has 1 amide bonds. The monoisotopic (exact) mass is 331 g/mol. The van der Waals surface area contributed by atoms with E-state index in [-0.39, 0.29) is 5.91 Å². The van der Waals surface area contributed by atoms with E-state index in [1.807, 2.05) is 79.7 Å². The third kappa shape index (κ3) is 4.70. The molecule has 1 heterocycles. The minimum absolute atomic E-state index is 0.0263. The van der Waals surface area contributed by atoms with Gasteiger partial charge in [0, 0.05) is 12.6 Å². The van der Waals surface area contributed by atoms with Crippen molar-refractivity contribution in [1.29, 1.82) is 0 Å². The first kappa shape index (κ1) is 16.8. The standard InChI is InChI=1S/C22H21NO2/c1-18(20-11-6-3-7-12-20)15-22(24)23(17-21-13-8-14-25-21)16-19-9-4-2-5-10-19/h2-15H,16-17H2,1H3/b18-15-. The van der Waals surface area contributed by atoms with Crippen molar-refractivity contribution >= 4 is 11.5 Å². The summed E-state index contributed by atoms with van der Waals surface area (Å²) in [7, 11) is 0. The van der Waals surface area contributed by atoms with Gasteiger partial charge in [-0.05, 0) is 35.8 Å². The van der Waals surface area contributed by atoms with Crippen molar-refractivity contribution in [2.45, 2.75) is 20.0 Å². The number of amides is 1. The minimum Gasteiger partial charge on any atom is -0.467 e. The average molecular weight is 331 g/mol. The van der Waals surface area contributed by atoms with Gasteiger partial charge in [0.1, 0.15) is 5.76 Å². The summed E-state index contributed by atoms with van der Waals surface area (Å²) in [4.78, 5) is 14.7. The molecule has 0 unspecified atom stereocenters. The molecule has 3 rings (SSSR count). The molecule has 0 atom stereocenters. The molecule has 0 radical (unpaired) electrons. The quantitative estimate of drug-likeness (QED) is 0.601. The van der Waals surface area contributed by atoms with Gasteiger partial charge in [0.15, 0.2) is 0 Å². The van der Waals surface area contributed by atoms with Crippen molar-refractivity contribution in [3.05, 3.63) is 102 Å². The fourth-order valence-electron chi connectivity index (χ4n) is 2.67. The molecule has 0 saturated carbocycles. The van der Waals surface area contributed by atoms with Gasteiger partial charge in [0.25, 0.3) is 0 Å². The fraction of sp³-hybridized carbons (Fsp3) is 0.136. The van der Waals surface area contributed by atoms with Crippen LogP contribution in [0.3, 0.4) is 0 Å². The Balaban J connectivity index is 1.81. The van der Waals surface area contributed by atoms with Crippen LogP contribution in [0.2, 0.25) is 0 Å². The minimum atomic E-state index is -0.0263. The van der Waals surface area contributed by atoms with Crippen molar-refractivity contribution in [1.82, 2.24) is 4.90 Å². The molecule has 2 aromatic carbocycles. The summed E-state index contributed by atoms with van der Waals surface area (Å²) < 4.78 is 5.43. The highest BCUT2D eigenvalue weighted by atomic mass is 16.3. The molecule has 3 nitrogen and oxygen atoms in total. The van der Waals surface area contributed by atoms with Gasteiger partial charge in [-0.15, -0.1) is 0 Å². The summed E-state index contributed by atoms with van der Waals surface area (Å²) in [5.41, 5.74) is 3.09. The van der Waals surface area contributed by atoms with E-state index in [9.17, 15) is 4.79 Å². The van der Waals surface area contributed by atoms with Gasteiger partial charge in [-0.3, -0.25) is 4.79 Å². The van der Waals surface area contributed by atoms with Gasteiger partial charge in [-0.25, -0.2) is 0 Å². The number of hydrogen-bond acceptors (Lipinski definition) is 2. The van der Waals surface area contributed by atoms with E-state index in [1.165, 1.54) is 0 Å². The molecular weight excluding hydrogens is 310 g/mol. The third-order valence-electron chi connectivity index (χ3n) is 4.02. The Hall–Kier alpha value is -3.07. The second-order valence-corrected chi connectivity index (χ2v) is 5.95. The van der Waals surface area contributed by atoms with E-state index in [0.29, 0.717) is 13.1 Å². The average Bonchev–Trinajstić information content (AvgIpc) is 3.16. The molecule has 0 fully saturated rings. The van der Waals surface area contributed by atoms with E-state index in [2.05, 4.69) is 0 Å². The van der Waals surface area contributed by atoms with E-state index >= 15 is 0 Å². The van der Waals surface area contributed by atoms with Crippen LogP contribution in [-0.2, 0) is 17.9 Å². The first-order valence-electron chi connectivity index (χ1n) is 8.31. The lowest BCUT2D eigenvalue weighted by Gasteiger charge is -2.21. The Morgan fingerprint density at radius 3 is 2.24 bits per heavy atom. The van der Waals surface area contributed by atoms with Crippen molar-refractivity contribution in [3.63, 3.8) is 0 Å². The van der Waals surface area contributed by atoms with Crippen LogP contribution in [0.25, 0.3) is 5.57 Å². The van der Waals surface area contributed by atoms with Crippen LogP contribution in [0.15, 0.2) is 89.6 Å². The van der Waals surface area contributed by atoms with Crippen LogP contribution in [0.5, 0.6) is 0 Å². The number of carbonyl (C=O) groups is 1. The van der Waals surface area contributed by atoms with Gasteiger partial charge >= 0.3 is 0 Å². The molecule has 1 aromatic heterocycles. The molecule has 0 saturated heterocycles. The van der Waals surface area contributed by atoms with Crippen molar-refractivity contribution in [3.8, 4) is 0 Å². The number of rotatable bonds is 6. The van der Waals surface area contributed by atoms with E-state index in [1.54, 1.807) is 17.2 Å². The topological polar surface area (TPSA) is 33.5 Å². The van der Waals surface area contributed by atoms with Crippen molar-refractivity contribution in [2.75, 3.05) is 0 Å². The van der Waals surface area contributed by atoms with Gasteiger partial charge in [0.2, 0.25) is 5.91 Å². The number of hydrogen-bond donors (Lipinski definition) is 0. The van der Waals surface area contributed by atoms with Crippen LogP contribution >= 0.6 is 0 Å². The normalized spacial score (nSPS) is 11.3. The van der Waals surface area contributed by atoms with Gasteiger partial charge in [-0.2, -0.15) is 0 Å². The largest absolute Gasteiger partial charge is 0.467 e. The smallest absolute Gasteiger partial charge is 0.247 e. The second-order valence-electron chi connectivity index (χ2n) is 5.95. The number of carbonyl (C=O) groups excluding carboxylic acids is 1. The lowest BCUT2D eigenvalue weighted by molar-refractivity contribution is -0.127. The van der Waals surface area contributed by atoms with Crippen LogP contribution in [0.1, 0.15) is 23.8 Å². The third-order valence-corrected chi connectivity index (χ3v) is 4.02. The molecule has 0 N–H and O–H groups in total. The van der Waals surface area contributed by atoms with Crippen LogP contribution in [0.4, 0.5) is 0 Å². The van der Waals surface area contributed by atoms with Gasteiger partial charge < -0.3 is 9.32 Å². The number of benzene rings is 2. The predicted molar refractivity (Wildman–Crippen MR) is 99.5 cm³/mol. The zero-order valence-electron chi connectivity index (χ0n) is 14.3. The Bertz CT molecular complexity index is 821. The molecule has 0 bridgehead atoms. The summed E-state index contributed by atoms with van der Waals surface area (Å²) in [6, 6.07) is 23.6. The Morgan fingerprint density at radius 2 is 1.60 bits per heavy atom. The first-order valence-corrected chi connectivity index (χ1v) is 8.31. The molecule has 3 aromatic rings. The van der Waals surface area contributed by atoms with E-state index in [0.717, 1.165) is 22.5 Å². The SMILES string of the molecule is C/C(=C/C(=O)N(Cc1ccccc1)Cc1ccco1)c1ccccc1. The maximum absolute atomic E-state index is 12.9. The molecule has 126 valence electrons. The number of furan rings is 1. The summed E-state index contributed by atoms with van der Waals surface area (Å²) >= 11 is 0. The number of allylic oxidation sites excluding steroid dienone is 1. The van der Waals surface area contributed by atoms with Crippen LogP contribution in [0, 0.1) is 0 Å². The van der Waals surface area contributed by atoms with E-state index in [4.69, 9.17) is 4.42 Å². The summed E-state index contributed by atoms with van der Waals surface area (Å²) in [5.74, 6) is 0.747. The Kier molecular flexibility index (Phi) is 5.47. The predicted octanol–water partition coefficient (Wildman–Crippen LogP) is 4.91. The highest BCUT2D eigenvalue weighted by Gasteiger charge is 2.14. The van der Waals surface area contributed by atoms with Gasteiger partial charge in [0.05, 0.1) is 12.8 Å². The molecule has 0 aliphatic heterocycles. The summed E-state index contributed by atoms with van der Waals surface area (Å²) in [6.45, 7) is 2.94. The maximum Gasteiger partial charge on any atom is 0.247 e. The summed E-state index contributed by atoms with van der Waals surface area (Å²) in [6.07, 6.45) is 3.33. The fourth-order valence-corrected chi connectivity index (χ4v) is 2.67. The second kappa shape index (κ2) is 8.15. The van der Waals surface area contributed by atoms with E-state index < -0.39 is 0 Å². The Labute approximate surface area is 148 Å². The van der Waals surface area contributed by atoms with Crippen molar-refractivity contribution in [2.24, 2.45) is 0 Å². The lowest BCUT2D eigenvalue weighted by Crippen LogP contribution is -2.28. The van der Waals surface area contributed by atoms with Gasteiger partial charge in [-0.1, -0.05) is 60.7 Å². The molecule has 3 heteroatoms. The zero-order valence-corrected chi connectivity index (χ0v) is 14.3. The van der Waals surface area contributed by atoms with Crippen LogP contribution < -0.4 is 0 Å². The van der Waals surface area contributed by atoms with Crippen molar-refractivity contribution < 1.29 is 9.21 Å². The molecular formula is C22H21NO2. The summed E-state index contributed by atoms with van der Waals surface area (Å²) in [5, 5.41) is 0. The van der Waals surface area contributed by atoms with Crippen LogP contribution in [-0.4, -0.2) is 10.8 Å². The highest BCUT2D eigenvalue weighted by molar-refractivity contribution is 5.94. The lowest BCUT2D eigenvalue weighted by atomic mass is 10.1. The molecule has 25 heavy (non-hydrogen) atoms. The molecule has 0 aliphatic rings. The Morgan fingerprint density at radius 1 is 0.920 bits per heavy atom. The molecule has 0 spiro atoms. The number of nitrogens with zero attached hydrogens (tertiary/aromatic N) is 1. The maximum atomic E-state index is 12.9. The molecule has 0 aliphatic carbocycles. The highest BCUT2D eigenvalue weighted by Crippen LogP contribution is 2.16. The zero-order chi connectivity index (χ0) is 17.5.